The SMILES string of the molecule is [Pt+2].[c-]1c(Cc2[c-]c(-c3ccncn3)c3ccccc3c2)cc2ccccc2c1-c1ccncn1. The van der Waals surface area contributed by atoms with Crippen molar-refractivity contribution < 1.29 is 21.1 Å². The van der Waals surface area contributed by atoms with E-state index >= 15 is 0 Å². The quantitative estimate of drug-likeness (QED) is 0.225. The van der Waals surface area contributed by atoms with Gasteiger partial charge in [0.1, 0.15) is 12.7 Å². The average molecular weight is 618 g/mol. The third-order valence-electron chi connectivity index (χ3n) is 5.75. The van der Waals surface area contributed by atoms with Gasteiger partial charge in [-0.15, -0.1) is 57.3 Å². The number of hydrogen-bond donors (Lipinski definition) is 0. The smallest absolute Gasteiger partial charge is 0.286 e. The van der Waals surface area contributed by atoms with Crippen molar-refractivity contribution in [1.29, 1.82) is 0 Å². The van der Waals surface area contributed by atoms with Crippen LogP contribution in [0.1, 0.15) is 11.1 Å². The van der Waals surface area contributed by atoms with E-state index in [1.807, 2.05) is 24.3 Å². The minimum absolute atomic E-state index is 0. The molecule has 164 valence electrons. The standard InChI is InChI=1S/C29H18N4.Pt/c1-3-7-24-22(5-1)14-20(16-26(24)28-9-11-30-18-32-28)13-21-15-23-6-2-4-8-25(23)27(17-21)29-10-12-31-19-33-29;/h1-12,14-15,18-19H,13H2;/q-2;+2. The summed E-state index contributed by atoms with van der Waals surface area (Å²) in [6.45, 7) is 0. The van der Waals surface area contributed by atoms with Gasteiger partial charge in [0.15, 0.2) is 0 Å². The maximum atomic E-state index is 4.48. The second-order valence-electron chi connectivity index (χ2n) is 7.88. The van der Waals surface area contributed by atoms with Crippen LogP contribution in [0.4, 0.5) is 0 Å². The van der Waals surface area contributed by atoms with Crippen molar-refractivity contribution in [3.8, 4) is 22.5 Å². The molecule has 0 aliphatic heterocycles. The first-order valence-electron chi connectivity index (χ1n) is 10.8. The third kappa shape index (κ3) is 4.25. The molecule has 0 saturated heterocycles. The predicted molar refractivity (Wildman–Crippen MR) is 130 cm³/mol. The summed E-state index contributed by atoms with van der Waals surface area (Å²) >= 11 is 0. The van der Waals surface area contributed by atoms with Crippen molar-refractivity contribution in [3.05, 3.63) is 121 Å². The van der Waals surface area contributed by atoms with Gasteiger partial charge >= 0.3 is 21.1 Å². The fourth-order valence-electron chi connectivity index (χ4n) is 4.28. The van der Waals surface area contributed by atoms with Gasteiger partial charge in [-0.2, -0.15) is 0 Å². The van der Waals surface area contributed by atoms with Gasteiger partial charge in [0, 0.05) is 12.4 Å². The van der Waals surface area contributed by atoms with E-state index in [-0.39, 0.29) is 21.1 Å². The Bertz CT molecular complexity index is 1460. The fourth-order valence-corrected chi connectivity index (χ4v) is 4.28. The molecular weight excluding hydrogens is 599 g/mol. The Morgan fingerprint density at radius 2 is 1.06 bits per heavy atom. The normalized spacial score (nSPS) is 10.8. The molecule has 5 heteroatoms. The molecule has 0 unspecified atom stereocenters. The van der Waals surface area contributed by atoms with Crippen molar-refractivity contribution in [2.24, 2.45) is 0 Å². The minimum Gasteiger partial charge on any atom is -0.286 e. The van der Waals surface area contributed by atoms with Crippen LogP contribution in [0.3, 0.4) is 0 Å². The van der Waals surface area contributed by atoms with Crippen molar-refractivity contribution in [3.63, 3.8) is 0 Å². The van der Waals surface area contributed by atoms with Gasteiger partial charge in [-0.3, -0.25) is 9.97 Å². The summed E-state index contributed by atoms with van der Waals surface area (Å²) in [5, 5.41) is 4.58. The van der Waals surface area contributed by atoms with Crippen LogP contribution in [0.2, 0.25) is 0 Å². The number of fused-ring (bicyclic) bond motifs is 2. The Kier molecular flexibility index (Phi) is 6.24. The predicted octanol–water partition coefficient (Wildman–Crippen LogP) is 6.10. The van der Waals surface area contributed by atoms with E-state index in [1.165, 1.54) is 0 Å². The number of rotatable bonds is 4. The zero-order valence-electron chi connectivity index (χ0n) is 18.0. The molecule has 0 bridgehead atoms. The molecule has 0 fully saturated rings. The number of benzene rings is 4. The van der Waals surface area contributed by atoms with Crippen LogP contribution < -0.4 is 0 Å². The molecule has 0 radical (unpaired) electrons. The van der Waals surface area contributed by atoms with E-state index in [2.05, 4.69) is 80.6 Å². The second kappa shape index (κ2) is 9.62. The van der Waals surface area contributed by atoms with Gasteiger partial charge in [-0.05, 0) is 17.8 Å². The number of nitrogens with zero attached hydrogens (tertiary/aromatic N) is 4. The maximum absolute atomic E-state index is 4.48. The summed E-state index contributed by atoms with van der Waals surface area (Å²) in [5.74, 6) is 0. The van der Waals surface area contributed by atoms with E-state index < -0.39 is 0 Å². The van der Waals surface area contributed by atoms with E-state index in [0.29, 0.717) is 6.42 Å². The molecule has 0 spiro atoms. The van der Waals surface area contributed by atoms with Gasteiger partial charge in [0.2, 0.25) is 0 Å². The summed E-state index contributed by atoms with van der Waals surface area (Å²) in [7, 11) is 0. The number of aromatic nitrogens is 4. The van der Waals surface area contributed by atoms with Crippen molar-refractivity contribution >= 4 is 21.5 Å². The zero-order chi connectivity index (χ0) is 22.0. The van der Waals surface area contributed by atoms with E-state index in [1.54, 1.807) is 25.0 Å². The summed E-state index contributed by atoms with van der Waals surface area (Å²) in [6.07, 6.45) is 7.39. The van der Waals surface area contributed by atoms with Gasteiger partial charge < -0.3 is 0 Å². The Hall–Kier alpha value is -3.75. The van der Waals surface area contributed by atoms with Gasteiger partial charge in [0.05, 0.1) is 0 Å². The summed E-state index contributed by atoms with van der Waals surface area (Å²) < 4.78 is 0. The maximum Gasteiger partial charge on any atom is 2.00 e. The Labute approximate surface area is 212 Å². The molecular formula is C29H18N4Pt. The molecule has 6 aromatic rings. The van der Waals surface area contributed by atoms with Gasteiger partial charge in [0.25, 0.3) is 0 Å². The molecule has 4 aromatic carbocycles. The zero-order valence-corrected chi connectivity index (χ0v) is 20.3. The van der Waals surface area contributed by atoms with Gasteiger partial charge in [-0.25, -0.2) is 9.97 Å². The first kappa shape index (κ1) is 22.1. The largest absolute Gasteiger partial charge is 2.00 e. The topological polar surface area (TPSA) is 51.6 Å². The molecule has 2 aromatic heterocycles. The second-order valence-corrected chi connectivity index (χ2v) is 7.88. The average Bonchev–Trinajstić information content (AvgIpc) is 2.89. The first-order chi connectivity index (χ1) is 16.3. The van der Waals surface area contributed by atoms with Crippen LogP contribution in [-0.4, -0.2) is 19.9 Å². The van der Waals surface area contributed by atoms with Crippen molar-refractivity contribution in [2.45, 2.75) is 6.42 Å². The van der Waals surface area contributed by atoms with E-state index in [9.17, 15) is 0 Å². The Morgan fingerprint density at radius 3 is 1.50 bits per heavy atom. The van der Waals surface area contributed by atoms with Crippen molar-refractivity contribution in [1.82, 2.24) is 19.9 Å². The summed E-state index contributed by atoms with van der Waals surface area (Å²) in [5.41, 5.74) is 5.88. The van der Waals surface area contributed by atoms with Crippen LogP contribution in [-0.2, 0) is 27.5 Å². The van der Waals surface area contributed by atoms with Crippen LogP contribution >= 0.6 is 0 Å². The molecule has 34 heavy (non-hydrogen) atoms. The van der Waals surface area contributed by atoms with E-state index in [4.69, 9.17) is 0 Å². The third-order valence-corrected chi connectivity index (χ3v) is 5.75. The number of hydrogen-bond acceptors (Lipinski definition) is 4. The van der Waals surface area contributed by atoms with Crippen molar-refractivity contribution in [2.75, 3.05) is 0 Å². The van der Waals surface area contributed by atoms with Crippen LogP contribution in [0.15, 0.2) is 97.8 Å². The van der Waals surface area contributed by atoms with Crippen LogP contribution in [0.25, 0.3) is 44.1 Å². The molecule has 0 aliphatic carbocycles. The van der Waals surface area contributed by atoms with Crippen LogP contribution in [0, 0.1) is 12.1 Å². The molecule has 0 aliphatic rings. The fraction of sp³-hybridized carbons (Fsp3) is 0.0345. The monoisotopic (exact) mass is 617 g/mol. The summed E-state index contributed by atoms with van der Waals surface area (Å²) in [6, 6.07) is 32.2. The molecule has 0 atom stereocenters. The molecule has 0 N–H and O–H groups in total. The first-order valence-corrected chi connectivity index (χ1v) is 10.8. The van der Waals surface area contributed by atoms with Crippen LogP contribution in [0.5, 0.6) is 0 Å². The Morgan fingerprint density at radius 1 is 0.588 bits per heavy atom. The summed E-state index contributed by atoms with van der Waals surface area (Å²) in [4.78, 5) is 17.1. The Balaban J connectivity index is 0.00000241. The molecule has 2 heterocycles. The minimum atomic E-state index is 0. The van der Waals surface area contributed by atoms with E-state index in [0.717, 1.165) is 55.2 Å². The molecule has 0 saturated carbocycles. The molecule has 6 rings (SSSR count). The molecule has 4 nitrogen and oxygen atoms in total. The van der Waals surface area contributed by atoms with Gasteiger partial charge in [-0.1, -0.05) is 71.4 Å². The molecule has 0 amide bonds.